The minimum absolute atomic E-state index is 0.710. The van der Waals surface area contributed by atoms with Crippen LogP contribution >= 0.6 is 11.9 Å². The van der Waals surface area contributed by atoms with E-state index in [-0.39, 0.29) is 0 Å². The van der Waals surface area contributed by atoms with E-state index in [1.807, 2.05) is 24.3 Å². The number of benzene rings is 1. The molecule has 0 aliphatic carbocycles. The summed E-state index contributed by atoms with van der Waals surface area (Å²) in [5.74, 6) is 0. The van der Waals surface area contributed by atoms with Crippen LogP contribution in [0.5, 0.6) is 0 Å². The van der Waals surface area contributed by atoms with E-state index in [1.54, 1.807) is 11.9 Å². The maximum Gasteiger partial charge on any atom is 0.0991 e. The minimum Gasteiger partial charge on any atom is -0.379 e. The van der Waals surface area contributed by atoms with Crippen LogP contribution in [0.15, 0.2) is 29.2 Å². The van der Waals surface area contributed by atoms with Crippen LogP contribution in [0.3, 0.4) is 0 Å². The van der Waals surface area contributed by atoms with Gasteiger partial charge in [0.15, 0.2) is 0 Å². The normalized spacial score (nSPS) is 17.3. The van der Waals surface area contributed by atoms with E-state index in [0.717, 1.165) is 26.3 Å². The van der Waals surface area contributed by atoms with Crippen molar-refractivity contribution in [1.82, 2.24) is 4.31 Å². The zero-order valence-electron chi connectivity index (χ0n) is 8.35. The average Bonchev–Trinajstić information content (AvgIpc) is 2.31. The molecular formula is C11H12N2OS. The first-order valence-electron chi connectivity index (χ1n) is 4.89. The van der Waals surface area contributed by atoms with Gasteiger partial charge in [-0.3, -0.25) is 0 Å². The zero-order valence-corrected chi connectivity index (χ0v) is 9.17. The van der Waals surface area contributed by atoms with Crippen molar-refractivity contribution in [3.05, 3.63) is 29.8 Å². The molecule has 2 rings (SSSR count). The Balaban J connectivity index is 1.95. The molecule has 0 spiro atoms. The summed E-state index contributed by atoms with van der Waals surface area (Å²) in [6, 6.07) is 9.78. The van der Waals surface area contributed by atoms with Crippen LogP contribution in [0.2, 0.25) is 0 Å². The third-order valence-corrected chi connectivity index (χ3v) is 3.29. The summed E-state index contributed by atoms with van der Waals surface area (Å²) >= 11 is 1.73. The van der Waals surface area contributed by atoms with E-state index in [9.17, 15) is 0 Å². The summed E-state index contributed by atoms with van der Waals surface area (Å²) in [4.78, 5) is 1.18. The maximum atomic E-state index is 8.67. The Kier molecular flexibility index (Phi) is 3.62. The second kappa shape index (κ2) is 5.17. The fraction of sp³-hybridized carbons (Fsp3) is 0.364. The van der Waals surface area contributed by atoms with Gasteiger partial charge in [-0.1, -0.05) is 0 Å². The van der Waals surface area contributed by atoms with Crippen molar-refractivity contribution >= 4 is 11.9 Å². The van der Waals surface area contributed by atoms with Gasteiger partial charge in [0.25, 0.3) is 0 Å². The van der Waals surface area contributed by atoms with Crippen molar-refractivity contribution in [1.29, 1.82) is 5.26 Å². The molecule has 0 radical (unpaired) electrons. The van der Waals surface area contributed by atoms with E-state index in [1.165, 1.54) is 4.90 Å². The molecule has 1 heterocycles. The minimum atomic E-state index is 0.710. The SMILES string of the molecule is N#Cc1ccc(SN2CCOCC2)cc1. The highest BCUT2D eigenvalue weighted by Crippen LogP contribution is 2.23. The van der Waals surface area contributed by atoms with E-state index in [4.69, 9.17) is 10.00 Å². The van der Waals surface area contributed by atoms with Crippen LogP contribution in [0, 0.1) is 11.3 Å². The van der Waals surface area contributed by atoms with Gasteiger partial charge in [0.05, 0.1) is 24.8 Å². The molecule has 15 heavy (non-hydrogen) atoms. The van der Waals surface area contributed by atoms with Crippen molar-refractivity contribution in [2.24, 2.45) is 0 Å². The van der Waals surface area contributed by atoms with E-state index < -0.39 is 0 Å². The first-order valence-corrected chi connectivity index (χ1v) is 5.66. The van der Waals surface area contributed by atoms with Gasteiger partial charge in [-0.25, -0.2) is 4.31 Å². The van der Waals surface area contributed by atoms with Gasteiger partial charge in [-0.05, 0) is 36.2 Å². The molecule has 1 fully saturated rings. The lowest BCUT2D eigenvalue weighted by Crippen LogP contribution is -2.30. The lowest BCUT2D eigenvalue weighted by atomic mass is 10.2. The van der Waals surface area contributed by atoms with Crippen molar-refractivity contribution in [3.63, 3.8) is 0 Å². The lowest BCUT2D eigenvalue weighted by molar-refractivity contribution is 0.0773. The topological polar surface area (TPSA) is 36.3 Å². The molecule has 1 aliphatic heterocycles. The lowest BCUT2D eigenvalue weighted by Gasteiger charge is -2.25. The Morgan fingerprint density at radius 2 is 1.87 bits per heavy atom. The third kappa shape index (κ3) is 2.96. The largest absolute Gasteiger partial charge is 0.379 e. The van der Waals surface area contributed by atoms with Crippen LogP contribution in [-0.4, -0.2) is 30.6 Å². The number of hydrogen-bond acceptors (Lipinski definition) is 4. The van der Waals surface area contributed by atoms with Gasteiger partial charge in [-0.2, -0.15) is 5.26 Å². The molecule has 0 aromatic heterocycles. The van der Waals surface area contributed by atoms with Crippen LogP contribution in [0.4, 0.5) is 0 Å². The molecule has 0 atom stereocenters. The molecular weight excluding hydrogens is 208 g/mol. The molecule has 1 aromatic rings. The Morgan fingerprint density at radius 1 is 1.20 bits per heavy atom. The molecule has 0 saturated carbocycles. The molecule has 1 saturated heterocycles. The van der Waals surface area contributed by atoms with Crippen molar-refractivity contribution < 1.29 is 4.74 Å². The second-order valence-corrected chi connectivity index (χ2v) is 4.44. The summed E-state index contributed by atoms with van der Waals surface area (Å²) in [6.45, 7) is 3.54. The zero-order chi connectivity index (χ0) is 10.5. The highest BCUT2D eigenvalue weighted by molar-refractivity contribution is 7.97. The number of nitriles is 1. The molecule has 0 amide bonds. The third-order valence-electron chi connectivity index (χ3n) is 2.19. The van der Waals surface area contributed by atoms with Gasteiger partial charge in [-0.15, -0.1) is 0 Å². The molecule has 1 aromatic carbocycles. The number of nitrogens with zero attached hydrogens (tertiary/aromatic N) is 2. The van der Waals surface area contributed by atoms with Gasteiger partial charge in [0, 0.05) is 18.0 Å². The maximum absolute atomic E-state index is 8.67. The predicted molar refractivity (Wildman–Crippen MR) is 59.4 cm³/mol. The van der Waals surface area contributed by atoms with Crippen molar-refractivity contribution in [2.75, 3.05) is 26.3 Å². The van der Waals surface area contributed by atoms with Gasteiger partial charge >= 0.3 is 0 Å². The van der Waals surface area contributed by atoms with Crippen molar-refractivity contribution in [3.8, 4) is 6.07 Å². The summed E-state index contributed by atoms with van der Waals surface area (Å²) in [7, 11) is 0. The first-order chi connectivity index (χ1) is 7.38. The molecule has 3 nitrogen and oxygen atoms in total. The van der Waals surface area contributed by atoms with E-state index in [0.29, 0.717) is 5.56 Å². The molecule has 0 unspecified atom stereocenters. The van der Waals surface area contributed by atoms with E-state index in [2.05, 4.69) is 10.4 Å². The molecule has 78 valence electrons. The smallest absolute Gasteiger partial charge is 0.0991 e. The Bertz CT molecular complexity index is 352. The van der Waals surface area contributed by atoms with Gasteiger partial charge < -0.3 is 4.74 Å². The number of rotatable bonds is 2. The number of morpholine rings is 1. The van der Waals surface area contributed by atoms with Crippen LogP contribution in [-0.2, 0) is 4.74 Å². The highest BCUT2D eigenvalue weighted by Gasteiger charge is 2.11. The highest BCUT2D eigenvalue weighted by atomic mass is 32.2. The monoisotopic (exact) mass is 220 g/mol. The van der Waals surface area contributed by atoms with E-state index >= 15 is 0 Å². The summed E-state index contributed by atoms with van der Waals surface area (Å²) in [6.07, 6.45) is 0. The summed E-state index contributed by atoms with van der Waals surface area (Å²) in [5.41, 5.74) is 0.710. The second-order valence-electron chi connectivity index (χ2n) is 3.27. The Labute approximate surface area is 93.8 Å². The van der Waals surface area contributed by atoms with Crippen LogP contribution in [0.1, 0.15) is 5.56 Å². The molecule has 4 heteroatoms. The van der Waals surface area contributed by atoms with Crippen molar-refractivity contribution in [2.45, 2.75) is 4.90 Å². The number of ether oxygens (including phenoxy) is 1. The quantitative estimate of drug-likeness (QED) is 0.713. The summed E-state index contributed by atoms with van der Waals surface area (Å²) in [5, 5.41) is 8.67. The Hall–Kier alpha value is -1.02. The fourth-order valence-corrected chi connectivity index (χ4v) is 2.26. The fourth-order valence-electron chi connectivity index (χ4n) is 1.38. The van der Waals surface area contributed by atoms with Crippen LogP contribution in [0.25, 0.3) is 0 Å². The standard InChI is InChI=1S/C11H12N2OS/c12-9-10-1-3-11(4-2-10)15-13-5-7-14-8-6-13/h1-4H,5-8H2. The molecule has 0 bridgehead atoms. The summed E-state index contributed by atoms with van der Waals surface area (Å²) < 4.78 is 7.56. The Morgan fingerprint density at radius 3 is 2.47 bits per heavy atom. The average molecular weight is 220 g/mol. The molecule has 1 aliphatic rings. The molecule has 0 N–H and O–H groups in total. The predicted octanol–water partition coefficient (Wildman–Crippen LogP) is 1.90. The number of hydrogen-bond donors (Lipinski definition) is 0. The first kappa shape index (κ1) is 10.5. The van der Waals surface area contributed by atoms with Gasteiger partial charge in [0.1, 0.15) is 0 Å². The van der Waals surface area contributed by atoms with Crippen LogP contribution < -0.4 is 0 Å². The van der Waals surface area contributed by atoms with Gasteiger partial charge in [0.2, 0.25) is 0 Å².